The van der Waals surface area contributed by atoms with Gasteiger partial charge in [0.05, 0.1) is 23.4 Å². The molecule has 0 radical (unpaired) electrons. The number of nitrogens with zero attached hydrogens (tertiary/aromatic N) is 4. The molecule has 0 fully saturated rings. The Labute approximate surface area is 145 Å². The first-order chi connectivity index (χ1) is 11.5. The number of hydrogen-bond donors (Lipinski definition) is 1. The molecule has 3 rings (SSSR count). The largest absolute Gasteiger partial charge is 0.362 e. The lowest BCUT2D eigenvalue weighted by molar-refractivity contribution is 0.852. The molecule has 0 aliphatic rings. The summed E-state index contributed by atoms with van der Waals surface area (Å²) < 4.78 is 0. The maximum atomic E-state index is 9.20. The third-order valence-electron chi connectivity index (χ3n) is 4.13. The average Bonchev–Trinajstić information content (AvgIpc) is 2.57. The van der Waals surface area contributed by atoms with E-state index >= 15 is 0 Å². The standard InChI is InChI=1S/C18H16ClN5/c1-10-13(8-20)5-4-6-14(10)11(2)22-18-15-7-17(19)21-9-16(15)12(3)23-24-18/h4-7,9,11H,1-3H3,(H,22,24). The number of nitrogens with one attached hydrogen (secondary N) is 1. The van der Waals surface area contributed by atoms with Gasteiger partial charge in [0.25, 0.3) is 0 Å². The highest BCUT2D eigenvalue weighted by Crippen LogP contribution is 2.29. The molecule has 2 aromatic heterocycles. The number of rotatable bonds is 3. The number of fused-ring (bicyclic) bond motifs is 1. The fourth-order valence-corrected chi connectivity index (χ4v) is 2.94. The van der Waals surface area contributed by atoms with E-state index in [2.05, 4.69) is 26.6 Å². The average molecular weight is 338 g/mol. The van der Waals surface area contributed by atoms with Crippen molar-refractivity contribution in [3.8, 4) is 6.07 Å². The van der Waals surface area contributed by atoms with Crippen LogP contribution >= 0.6 is 11.6 Å². The third kappa shape index (κ3) is 2.89. The van der Waals surface area contributed by atoms with Gasteiger partial charge < -0.3 is 5.32 Å². The van der Waals surface area contributed by atoms with Crippen molar-refractivity contribution in [2.24, 2.45) is 0 Å². The predicted octanol–water partition coefficient (Wildman–Crippen LogP) is 4.34. The topological polar surface area (TPSA) is 74.5 Å². The molecule has 1 N–H and O–H groups in total. The van der Waals surface area contributed by atoms with E-state index in [-0.39, 0.29) is 6.04 Å². The number of halogens is 1. The van der Waals surface area contributed by atoms with Gasteiger partial charge in [-0.15, -0.1) is 5.10 Å². The Morgan fingerprint density at radius 3 is 2.75 bits per heavy atom. The smallest absolute Gasteiger partial charge is 0.157 e. The molecule has 1 atom stereocenters. The number of pyridine rings is 1. The van der Waals surface area contributed by atoms with E-state index in [4.69, 9.17) is 11.6 Å². The fraction of sp³-hybridized carbons (Fsp3) is 0.222. The quantitative estimate of drug-likeness (QED) is 0.719. The predicted molar refractivity (Wildman–Crippen MR) is 95.0 cm³/mol. The van der Waals surface area contributed by atoms with Gasteiger partial charge in [-0.1, -0.05) is 23.7 Å². The lowest BCUT2D eigenvalue weighted by atomic mass is 9.98. The van der Waals surface area contributed by atoms with Crippen LogP contribution in [0, 0.1) is 25.2 Å². The van der Waals surface area contributed by atoms with Crippen LogP contribution in [0.5, 0.6) is 0 Å². The maximum Gasteiger partial charge on any atom is 0.157 e. The minimum atomic E-state index is -0.0366. The zero-order valence-corrected chi connectivity index (χ0v) is 14.4. The van der Waals surface area contributed by atoms with Crippen molar-refractivity contribution >= 4 is 28.2 Å². The highest BCUT2D eigenvalue weighted by atomic mass is 35.5. The summed E-state index contributed by atoms with van der Waals surface area (Å²) in [5.74, 6) is 0.647. The van der Waals surface area contributed by atoms with E-state index in [9.17, 15) is 5.26 Å². The molecule has 2 heterocycles. The SMILES string of the molecule is Cc1c(C#N)cccc1C(C)Nc1nnc(C)c2cnc(Cl)cc12. The van der Waals surface area contributed by atoms with Gasteiger partial charge in [0.1, 0.15) is 5.15 Å². The molecular formula is C18H16ClN5. The van der Waals surface area contributed by atoms with Crippen LogP contribution in [-0.4, -0.2) is 15.2 Å². The molecule has 0 spiro atoms. The van der Waals surface area contributed by atoms with Crippen LogP contribution in [0.2, 0.25) is 5.15 Å². The van der Waals surface area contributed by atoms with Crippen LogP contribution in [0.4, 0.5) is 5.82 Å². The van der Waals surface area contributed by atoms with Crippen molar-refractivity contribution in [2.75, 3.05) is 5.32 Å². The Bertz CT molecular complexity index is 962. The molecule has 0 saturated carbocycles. The number of hydrogen-bond acceptors (Lipinski definition) is 5. The van der Waals surface area contributed by atoms with Crippen molar-refractivity contribution in [2.45, 2.75) is 26.8 Å². The molecule has 1 aromatic carbocycles. The molecule has 5 nitrogen and oxygen atoms in total. The molecule has 1 unspecified atom stereocenters. The van der Waals surface area contributed by atoms with Gasteiger partial charge in [-0.3, -0.25) is 0 Å². The van der Waals surface area contributed by atoms with Crippen LogP contribution in [-0.2, 0) is 0 Å². The normalized spacial score (nSPS) is 12.0. The highest BCUT2D eigenvalue weighted by Gasteiger charge is 2.14. The molecule has 0 amide bonds. The summed E-state index contributed by atoms with van der Waals surface area (Å²) in [5, 5.41) is 23.2. The van der Waals surface area contributed by atoms with E-state index in [0.29, 0.717) is 16.5 Å². The second kappa shape index (κ2) is 6.42. The number of aryl methyl sites for hydroxylation is 1. The Morgan fingerprint density at radius 1 is 1.21 bits per heavy atom. The van der Waals surface area contributed by atoms with Crippen molar-refractivity contribution in [1.82, 2.24) is 15.2 Å². The molecule has 0 bridgehead atoms. The number of nitriles is 1. The Kier molecular flexibility index (Phi) is 4.32. The molecule has 120 valence electrons. The molecule has 6 heteroatoms. The number of benzene rings is 1. The first-order valence-corrected chi connectivity index (χ1v) is 7.93. The summed E-state index contributed by atoms with van der Waals surface area (Å²) in [6.07, 6.45) is 1.71. The lowest BCUT2D eigenvalue weighted by Crippen LogP contribution is -2.11. The van der Waals surface area contributed by atoms with Crippen LogP contribution in [0.25, 0.3) is 10.8 Å². The summed E-state index contributed by atoms with van der Waals surface area (Å²) >= 11 is 6.04. The van der Waals surface area contributed by atoms with Crippen molar-refractivity contribution in [3.63, 3.8) is 0 Å². The molecule has 0 aliphatic heterocycles. The molecular weight excluding hydrogens is 322 g/mol. The molecule has 24 heavy (non-hydrogen) atoms. The summed E-state index contributed by atoms with van der Waals surface area (Å²) in [6, 6.07) is 9.68. The van der Waals surface area contributed by atoms with Crippen molar-refractivity contribution in [1.29, 1.82) is 5.26 Å². The third-order valence-corrected chi connectivity index (χ3v) is 4.34. The summed E-state index contributed by atoms with van der Waals surface area (Å²) in [7, 11) is 0. The van der Waals surface area contributed by atoms with Crippen LogP contribution in [0.15, 0.2) is 30.5 Å². The maximum absolute atomic E-state index is 9.20. The Hall–Kier alpha value is -2.71. The van der Waals surface area contributed by atoms with E-state index in [1.54, 1.807) is 12.3 Å². The number of anilines is 1. The molecule has 3 aromatic rings. The van der Waals surface area contributed by atoms with E-state index in [1.807, 2.05) is 39.0 Å². The van der Waals surface area contributed by atoms with Gasteiger partial charge in [0, 0.05) is 17.0 Å². The minimum Gasteiger partial charge on any atom is -0.362 e. The molecule has 0 aliphatic carbocycles. The first-order valence-electron chi connectivity index (χ1n) is 7.56. The van der Waals surface area contributed by atoms with E-state index < -0.39 is 0 Å². The summed E-state index contributed by atoms with van der Waals surface area (Å²) in [4.78, 5) is 4.12. The van der Waals surface area contributed by atoms with Crippen molar-refractivity contribution < 1.29 is 0 Å². The van der Waals surface area contributed by atoms with Gasteiger partial charge in [0.15, 0.2) is 5.82 Å². The first kappa shape index (κ1) is 16.2. The highest BCUT2D eigenvalue weighted by molar-refractivity contribution is 6.30. The molecule has 0 saturated heterocycles. The minimum absolute atomic E-state index is 0.0366. The van der Waals surface area contributed by atoms with Crippen LogP contribution < -0.4 is 5.32 Å². The lowest BCUT2D eigenvalue weighted by Gasteiger charge is -2.19. The second-order valence-corrected chi connectivity index (χ2v) is 6.07. The van der Waals surface area contributed by atoms with Gasteiger partial charge in [-0.05, 0) is 44.0 Å². The monoisotopic (exact) mass is 337 g/mol. The zero-order valence-electron chi connectivity index (χ0n) is 13.6. The van der Waals surface area contributed by atoms with Crippen LogP contribution in [0.3, 0.4) is 0 Å². The Morgan fingerprint density at radius 2 is 2.00 bits per heavy atom. The van der Waals surface area contributed by atoms with Gasteiger partial charge in [0.2, 0.25) is 0 Å². The second-order valence-electron chi connectivity index (χ2n) is 5.68. The van der Waals surface area contributed by atoms with Gasteiger partial charge in [-0.25, -0.2) is 4.98 Å². The van der Waals surface area contributed by atoms with E-state index in [1.165, 1.54) is 0 Å². The van der Waals surface area contributed by atoms with Gasteiger partial charge in [-0.2, -0.15) is 10.4 Å². The fourth-order valence-electron chi connectivity index (χ4n) is 2.78. The van der Waals surface area contributed by atoms with Crippen LogP contribution in [0.1, 0.15) is 35.3 Å². The van der Waals surface area contributed by atoms with Crippen molar-refractivity contribution in [3.05, 3.63) is 58.0 Å². The summed E-state index contributed by atoms with van der Waals surface area (Å²) in [6.45, 7) is 5.87. The summed E-state index contributed by atoms with van der Waals surface area (Å²) in [5.41, 5.74) is 3.48. The number of aromatic nitrogens is 3. The van der Waals surface area contributed by atoms with E-state index in [0.717, 1.165) is 27.6 Å². The Balaban J connectivity index is 2.03. The zero-order chi connectivity index (χ0) is 17.3. The van der Waals surface area contributed by atoms with Gasteiger partial charge >= 0.3 is 0 Å².